The molecule has 1 amide bonds. The van der Waals surface area contributed by atoms with E-state index < -0.39 is 9.84 Å². The molecule has 2 unspecified atom stereocenters. The molecule has 2 bridgehead atoms. The molecular weight excluding hydrogens is 298 g/mol. The van der Waals surface area contributed by atoms with E-state index in [0.29, 0.717) is 12.0 Å². The predicted octanol–water partition coefficient (Wildman–Crippen LogP) is 2.51. The van der Waals surface area contributed by atoms with E-state index in [9.17, 15) is 13.2 Å². The zero-order chi connectivity index (χ0) is 15.9. The number of nitrogens with zero attached hydrogens (tertiary/aromatic N) is 1. The van der Waals surface area contributed by atoms with Gasteiger partial charge >= 0.3 is 0 Å². The lowest BCUT2D eigenvalue weighted by Gasteiger charge is -2.33. The first-order valence-corrected chi connectivity index (χ1v) is 9.26. The van der Waals surface area contributed by atoms with Crippen molar-refractivity contribution >= 4 is 21.3 Å². The van der Waals surface area contributed by atoms with Gasteiger partial charge in [0.1, 0.15) is 0 Å². The van der Waals surface area contributed by atoms with Crippen molar-refractivity contribution in [2.75, 3.05) is 14.1 Å². The minimum Gasteiger partial charge on any atom is -0.345 e. The van der Waals surface area contributed by atoms with Crippen LogP contribution in [0.5, 0.6) is 0 Å². The van der Waals surface area contributed by atoms with Crippen LogP contribution in [-0.4, -0.2) is 43.8 Å². The molecular formula is C17H21NO3S. The lowest BCUT2D eigenvalue weighted by Crippen LogP contribution is -2.38. The Balaban J connectivity index is 1.89. The van der Waals surface area contributed by atoms with Crippen LogP contribution in [0.15, 0.2) is 30.3 Å². The maximum atomic E-state index is 12.3. The van der Waals surface area contributed by atoms with Gasteiger partial charge in [-0.3, -0.25) is 4.79 Å². The Morgan fingerprint density at radius 1 is 1.14 bits per heavy atom. The minimum atomic E-state index is -2.98. The summed E-state index contributed by atoms with van der Waals surface area (Å²) in [5, 5.41) is -0.549. The standard InChI is InChI=1S/C17H21NO3S/c1-18(2)17(19)13-8-6-12(7-9-13)14-10-15-4-3-5-16(11-14)22(15,20)21/h6-10,15-16H,3-5,11H2,1-2H3. The average Bonchev–Trinajstić information content (AvgIpc) is 2.45. The molecule has 1 aromatic rings. The molecule has 0 saturated carbocycles. The van der Waals surface area contributed by atoms with E-state index >= 15 is 0 Å². The van der Waals surface area contributed by atoms with E-state index in [0.717, 1.165) is 30.4 Å². The average molecular weight is 319 g/mol. The van der Waals surface area contributed by atoms with Gasteiger partial charge < -0.3 is 4.90 Å². The summed E-state index contributed by atoms with van der Waals surface area (Å²) in [5.74, 6) is -0.0244. The summed E-state index contributed by atoms with van der Waals surface area (Å²) in [4.78, 5) is 13.5. The second-order valence-corrected chi connectivity index (χ2v) is 8.80. The predicted molar refractivity (Wildman–Crippen MR) is 87.4 cm³/mol. The Hall–Kier alpha value is -1.62. The Morgan fingerprint density at radius 2 is 1.82 bits per heavy atom. The normalized spacial score (nSPS) is 26.2. The molecule has 2 atom stereocenters. The van der Waals surface area contributed by atoms with Gasteiger partial charge in [-0.05, 0) is 42.5 Å². The van der Waals surface area contributed by atoms with Crippen molar-refractivity contribution in [1.29, 1.82) is 0 Å². The SMILES string of the molecule is CN(C)C(=O)c1ccc(C2=CC3CCCC(C2)S3(=O)=O)cc1. The number of carbonyl (C=O) groups is 1. The first kappa shape index (κ1) is 15.3. The number of sulfone groups is 1. The van der Waals surface area contributed by atoms with Crippen LogP contribution < -0.4 is 0 Å². The third kappa shape index (κ3) is 2.58. The van der Waals surface area contributed by atoms with Gasteiger partial charge in [0.05, 0.1) is 10.5 Å². The zero-order valence-electron chi connectivity index (χ0n) is 13.0. The van der Waals surface area contributed by atoms with Crippen LogP contribution in [-0.2, 0) is 9.84 Å². The molecule has 1 aromatic carbocycles. The number of amides is 1. The van der Waals surface area contributed by atoms with Crippen molar-refractivity contribution in [3.05, 3.63) is 41.5 Å². The number of carbonyl (C=O) groups excluding carboxylic acids is 1. The van der Waals surface area contributed by atoms with Gasteiger partial charge in [0.2, 0.25) is 0 Å². The quantitative estimate of drug-likeness (QED) is 0.841. The molecule has 4 nitrogen and oxygen atoms in total. The van der Waals surface area contributed by atoms with Crippen LogP contribution in [0.25, 0.3) is 5.57 Å². The molecule has 2 aliphatic heterocycles. The Kier molecular flexibility index (Phi) is 3.85. The Morgan fingerprint density at radius 3 is 2.41 bits per heavy atom. The van der Waals surface area contributed by atoms with E-state index in [2.05, 4.69) is 0 Å². The molecule has 1 saturated heterocycles. The minimum absolute atomic E-state index is 0.0244. The van der Waals surface area contributed by atoms with Crippen LogP contribution >= 0.6 is 0 Å². The summed E-state index contributed by atoms with van der Waals surface area (Å²) in [7, 11) is 0.480. The molecule has 0 radical (unpaired) electrons. The lowest BCUT2D eigenvalue weighted by atomic mass is 9.93. The van der Waals surface area contributed by atoms with Gasteiger partial charge in [-0.15, -0.1) is 0 Å². The van der Waals surface area contributed by atoms with Crippen molar-refractivity contribution in [3.63, 3.8) is 0 Å². The third-order valence-corrected chi connectivity index (χ3v) is 7.19. The molecule has 0 spiro atoms. The van der Waals surface area contributed by atoms with Gasteiger partial charge in [-0.1, -0.05) is 24.6 Å². The van der Waals surface area contributed by atoms with Gasteiger partial charge in [-0.2, -0.15) is 0 Å². The molecule has 0 N–H and O–H groups in total. The largest absolute Gasteiger partial charge is 0.345 e. The number of allylic oxidation sites excluding steroid dienone is 1. The molecule has 22 heavy (non-hydrogen) atoms. The fourth-order valence-corrected chi connectivity index (χ4v) is 5.61. The van der Waals surface area contributed by atoms with Crippen LogP contribution in [0.1, 0.15) is 41.6 Å². The molecule has 1 fully saturated rings. The second kappa shape index (κ2) is 5.54. The summed E-state index contributed by atoms with van der Waals surface area (Å²) in [5.41, 5.74) is 2.79. The number of benzene rings is 1. The molecule has 2 aliphatic rings. The lowest BCUT2D eigenvalue weighted by molar-refractivity contribution is 0.0827. The molecule has 3 rings (SSSR count). The van der Waals surface area contributed by atoms with Crippen molar-refractivity contribution < 1.29 is 13.2 Å². The number of hydrogen-bond donors (Lipinski definition) is 0. The smallest absolute Gasteiger partial charge is 0.253 e. The van der Waals surface area contributed by atoms with E-state index in [-0.39, 0.29) is 16.4 Å². The number of fused-ring (bicyclic) bond motifs is 2. The second-order valence-electron chi connectivity index (χ2n) is 6.35. The molecule has 0 aliphatic carbocycles. The van der Waals surface area contributed by atoms with Crippen LogP contribution in [0, 0.1) is 0 Å². The van der Waals surface area contributed by atoms with E-state index in [1.54, 1.807) is 19.0 Å². The van der Waals surface area contributed by atoms with Crippen molar-refractivity contribution in [2.45, 2.75) is 36.2 Å². The fraction of sp³-hybridized carbons (Fsp3) is 0.471. The third-order valence-electron chi connectivity index (χ3n) is 4.64. The summed E-state index contributed by atoms with van der Waals surface area (Å²) in [6, 6.07) is 7.49. The molecule has 0 aromatic heterocycles. The maximum absolute atomic E-state index is 12.3. The highest BCUT2D eigenvalue weighted by Gasteiger charge is 2.40. The summed E-state index contributed by atoms with van der Waals surface area (Å²) in [6.45, 7) is 0. The first-order valence-electron chi connectivity index (χ1n) is 7.65. The van der Waals surface area contributed by atoms with Crippen molar-refractivity contribution in [2.24, 2.45) is 0 Å². The molecule has 2 heterocycles. The Bertz CT molecular complexity index is 717. The first-order chi connectivity index (χ1) is 10.4. The maximum Gasteiger partial charge on any atom is 0.253 e. The zero-order valence-corrected chi connectivity index (χ0v) is 13.8. The highest BCUT2D eigenvalue weighted by Crippen LogP contribution is 2.39. The van der Waals surface area contributed by atoms with Crippen molar-refractivity contribution in [3.8, 4) is 0 Å². The monoisotopic (exact) mass is 319 g/mol. The van der Waals surface area contributed by atoms with Crippen LogP contribution in [0.2, 0.25) is 0 Å². The Labute approximate surface area is 131 Å². The summed E-state index contributed by atoms with van der Waals surface area (Å²) in [6.07, 6.45) is 5.02. The molecule has 118 valence electrons. The van der Waals surface area contributed by atoms with Crippen LogP contribution in [0.3, 0.4) is 0 Å². The highest BCUT2D eigenvalue weighted by molar-refractivity contribution is 7.93. The van der Waals surface area contributed by atoms with Crippen molar-refractivity contribution in [1.82, 2.24) is 4.90 Å². The fourth-order valence-electron chi connectivity index (χ4n) is 3.36. The highest BCUT2D eigenvalue weighted by atomic mass is 32.2. The summed E-state index contributed by atoms with van der Waals surface area (Å²) >= 11 is 0. The van der Waals surface area contributed by atoms with Gasteiger partial charge in [0, 0.05) is 19.7 Å². The van der Waals surface area contributed by atoms with E-state index in [1.165, 1.54) is 0 Å². The van der Waals surface area contributed by atoms with Gasteiger partial charge in [0.15, 0.2) is 9.84 Å². The summed E-state index contributed by atoms with van der Waals surface area (Å²) < 4.78 is 24.6. The number of hydrogen-bond acceptors (Lipinski definition) is 3. The van der Waals surface area contributed by atoms with Gasteiger partial charge in [0.25, 0.3) is 5.91 Å². The number of rotatable bonds is 2. The van der Waals surface area contributed by atoms with E-state index in [4.69, 9.17) is 0 Å². The molecule has 5 heteroatoms. The van der Waals surface area contributed by atoms with E-state index in [1.807, 2.05) is 30.3 Å². The van der Waals surface area contributed by atoms with Crippen LogP contribution in [0.4, 0.5) is 0 Å². The topological polar surface area (TPSA) is 54.5 Å². The van der Waals surface area contributed by atoms with Gasteiger partial charge in [-0.25, -0.2) is 8.42 Å².